The van der Waals surface area contributed by atoms with Crippen molar-refractivity contribution in [2.45, 2.75) is 17.1 Å². The van der Waals surface area contributed by atoms with Crippen molar-refractivity contribution < 1.29 is 8.42 Å². The summed E-state index contributed by atoms with van der Waals surface area (Å²) >= 11 is 6.90. The van der Waals surface area contributed by atoms with Crippen LogP contribution in [0.2, 0.25) is 4.34 Å². The number of hydrogen-bond donors (Lipinski definition) is 1. The second-order valence-electron chi connectivity index (χ2n) is 4.54. The Hall–Kier alpha value is -0.140. The van der Waals surface area contributed by atoms with Crippen molar-refractivity contribution in [3.63, 3.8) is 0 Å². The number of rotatable bonds is 4. The normalized spacial score (nSPS) is 18.4. The molecule has 1 aliphatic heterocycles. The van der Waals surface area contributed by atoms with Crippen LogP contribution in [-0.4, -0.2) is 39.4 Å². The molecule has 0 atom stereocenters. The Labute approximate surface area is 117 Å². The van der Waals surface area contributed by atoms with Crippen LogP contribution in [0.15, 0.2) is 16.3 Å². The number of halogens is 1. The van der Waals surface area contributed by atoms with Crippen LogP contribution in [-0.2, 0) is 10.0 Å². The van der Waals surface area contributed by atoms with Crippen molar-refractivity contribution in [2.24, 2.45) is 5.92 Å². The minimum Gasteiger partial charge on any atom is -0.317 e. The molecule has 7 heteroatoms. The van der Waals surface area contributed by atoms with Gasteiger partial charge in [0.05, 0.1) is 4.34 Å². The van der Waals surface area contributed by atoms with E-state index >= 15 is 0 Å². The molecule has 1 saturated heterocycles. The van der Waals surface area contributed by atoms with Crippen molar-refractivity contribution >= 4 is 33.0 Å². The van der Waals surface area contributed by atoms with Gasteiger partial charge in [-0.25, -0.2) is 8.42 Å². The first kappa shape index (κ1) is 14.3. The maximum Gasteiger partial charge on any atom is 0.252 e. The molecule has 0 unspecified atom stereocenters. The maximum absolute atomic E-state index is 12.3. The molecule has 1 N–H and O–H groups in total. The third-order valence-electron chi connectivity index (χ3n) is 3.19. The molecule has 0 aliphatic carbocycles. The Balaban J connectivity index is 2.05. The lowest BCUT2D eigenvalue weighted by molar-refractivity contribution is 0.311. The monoisotopic (exact) mass is 308 g/mol. The summed E-state index contributed by atoms with van der Waals surface area (Å²) < 4.78 is 26.8. The summed E-state index contributed by atoms with van der Waals surface area (Å²) in [5, 5.41) is 3.28. The average Bonchev–Trinajstić information content (AvgIpc) is 2.78. The smallest absolute Gasteiger partial charge is 0.252 e. The van der Waals surface area contributed by atoms with Crippen LogP contribution in [0.3, 0.4) is 0 Å². The molecule has 0 spiro atoms. The second-order valence-corrected chi connectivity index (χ2v) is 8.52. The summed E-state index contributed by atoms with van der Waals surface area (Å²) in [7, 11) is -1.73. The summed E-state index contributed by atoms with van der Waals surface area (Å²) in [5.74, 6) is 0.446. The molecule has 1 aromatic heterocycles. The standard InChI is InChI=1S/C11H17ClN2O2S2/c1-14(8-9-4-6-13-7-5-9)18(15,16)11-3-2-10(12)17-11/h2-3,9,13H,4-8H2,1H3. The molecule has 0 bridgehead atoms. The molecule has 2 heterocycles. The zero-order valence-corrected chi connectivity index (χ0v) is 12.6. The van der Waals surface area contributed by atoms with Crippen LogP contribution in [0.1, 0.15) is 12.8 Å². The van der Waals surface area contributed by atoms with Gasteiger partial charge in [-0.15, -0.1) is 11.3 Å². The van der Waals surface area contributed by atoms with Gasteiger partial charge in [-0.2, -0.15) is 4.31 Å². The van der Waals surface area contributed by atoms with E-state index in [1.165, 1.54) is 4.31 Å². The van der Waals surface area contributed by atoms with E-state index < -0.39 is 10.0 Å². The van der Waals surface area contributed by atoms with Crippen LogP contribution in [0.25, 0.3) is 0 Å². The van der Waals surface area contributed by atoms with Crippen LogP contribution in [0, 0.1) is 5.92 Å². The molecule has 2 rings (SSSR count). The van der Waals surface area contributed by atoms with Gasteiger partial charge >= 0.3 is 0 Å². The van der Waals surface area contributed by atoms with E-state index in [2.05, 4.69) is 5.32 Å². The van der Waals surface area contributed by atoms with Crippen LogP contribution in [0.4, 0.5) is 0 Å². The SMILES string of the molecule is CN(CC1CCNCC1)S(=O)(=O)c1ccc(Cl)s1. The Bertz CT molecular complexity index is 495. The van der Waals surface area contributed by atoms with E-state index in [0.29, 0.717) is 21.0 Å². The number of hydrogen-bond acceptors (Lipinski definition) is 4. The van der Waals surface area contributed by atoms with Gasteiger partial charge in [0.1, 0.15) is 4.21 Å². The third kappa shape index (κ3) is 3.24. The lowest BCUT2D eigenvalue weighted by Gasteiger charge is -2.26. The van der Waals surface area contributed by atoms with E-state index in [1.54, 1.807) is 19.2 Å². The third-order valence-corrected chi connectivity index (χ3v) is 6.71. The Morgan fingerprint density at radius 3 is 2.67 bits per heavy atom. The number of piperidine rings is 1. The first-order valence-corrected chi connectivity index (χ1v) is 8.56. The Morgan fingerprint density at radius 1 is 1.44 bits per heavy atom. The summed E-state index contributed by atoms with van der Waals surface area (Å²) in [6, 6.07) is 3.19. The van der Waals surface area contributed by atoms with Gasteiger partial charge in [0.15, 0.2) is 0 Å². The minimum absolute atomic E-state index is 0.323. The molecule has 0 radical (unpaired) electrons. The lowest BCUT2D eigenvalue weighted by atomic mass is 9.98. The first-order chi connectivity index (χ1) is 8.50. The average molecular weight is 309 g/mol. The molecule has 1 aromatic rings. The van der Waals surface area contributed by atoms with Crippen LogP contribution in [0.5, 0.6) is 0 Å². The molecule has 0 saturated carbocycles. The molecular weight excluding hydrogens is 292 g/mol. The van der Waals surface area contributed by atoms with E-state index in [9.17, 15) is 8.42 Å². The highest BCUT2D eigenvalue weighted by Crippen LogP contribution is 2.28. The topological polar surface area (TPSA) is 49.4 Å². The highest BCUT2D eigenvalue weighted by Gasteiger charge is 2.25. The van der Waals surface area contributed by atoms with Crippen molar-refractivity contribution in [1.82, 2.24) is 9.62 Å². The number of nitrogens with one attached hydrogen (secondary N) is 1. The largest absolute Gasteiger partial charge is 0.317 e. The molecule has 18 heavy (non-hydrogen) atoms. The number of sulfonamides is 1. The van der Waals surface area contributed by atoms with Gasteiger partial charge in [-0.3, -0.25) is 0 Å². The quantitative estimate of drug-likeness (QED) is 0.926. The van der Waals surface area contributed by atoms with Gasteiger partial charge in [-0.1, -0.05) is 11.6 Å². The fraction of sp³-hybridized carbons (Fsp3) is 0.636. The molecular formula is C11H17ClN2O2S2. The maximum atomic E-state index is 12.3. The molecule has 0 amide bonds. The van der Waals surface area contributed by atoms with Gasteiger partial charge in [-0.05, 0) is 44.0 Å². The van der Waals surface area contributed by atoms with E-state index in [0.717, 1.165) is 37.3 Å². The summed E-state index contributed by atoms with van der Waals surface area (Å²) in [5.41, 5.74) is 0. The lowest BCUT2D eigenvalue weighted by Crippen LogP contribution is -2.37. The summed E-state index contributed by atoms with van der Waals surface area (Å²) in [6.45, 7) is 2.53. The van der Waals surface area contributed by atoms with Gasteiger partial charge in [0, 0.05) is 13.6 Å². The molecule has 0 aromatic carbocycles. The fourth-order valence-electron chi connectivity index (χ4n) is 2.12. The zero-order chi connectivity index (χ0) is 13.2. The predicted octanol–water partition coefficient (Wildman–Crippen LogP) is 2.02. The van der Waals surface area contributed by atoms with Gasteiger partial charge in [0.2, 0.25) is 0 Å². The fourth-order valence-corrected chi connectivity index (χ4v) is 5.06. The van der Waals surface area contributed by atoms with E-state index in [-0.39, 0.29) is 0 Å². The van der Waals surface area contributed by atoms with Crippen molar-refractivity contribution in [1.29, 1.82) is 0 Å². The van der Waals surface area contributed by atoms with E-state index in [1.807, 2.05) is 0 Å². The molecule has 1 aliphatic rings. The van der Waals surface area contributed by atoms with Crippen molar-refractivity contribution in [3.8, 4) is 0 Å². The summed E-state index contributed by atoms with van der Waals surface area (Å²) in [6.07, 6.45) is 2.07. The van der Waals surface area contributed by atoms with E-state index in [4.69, 9.17) is 11.6 Å². The van der Waals surface area contributed by atoms with Crippen molar-refractivity contribution in [3.05, 3.63) is 16.5 Å². The Kier molecular flexibility index (Phi) is 4.66. The molecule has 4 nitrogen and oxygen atoms in total. The Morgan fingerprint density at radius 2 is 2.11 bits per heavy atom. The molecule has 102 valence electrons. The number of thiophene rings is 1. The zero-order valence-electron chi connectivity index (χ0n) is 10.2. The van der Waals surface area contributed by atoms with Gasteiger partial charge < -0.3 is 5.32 Å². The highest BCUT2D eigenvalue weighted by atomic mass is 35.5. The van der Waals surface area contributed by atoms with Crippen LogP contribution < -0.4 is 5.32 Å². The highest BCUT2D eigenvalue weighted by molar-refractivity contribution is 7.91. The minimum atomic E-state index is -3.37. The molecule has 1 fully saturated rings. The first-order valence-electron chi connectivity index (χ1n) is 5.92. The van der Waals surface area contributed by atoms with Crippen molar-refractivity contribution in [2.75, 3.05) is 26.7 Å². The summed E-state index contributed by atoms with van der Waals surface area (Å²) in [4.78, 5) is 0. The van der Waals surface area contributed by atoms with Crippen LogP contribution >= 0.6 is 22.9 Å². The predicted molar refractivity (Wildman–Crippen MR) is 74.7 cm³/mol. The van der Waals surface area contributed by atoms with Gasteiger partial charge in [0.25, 0.3) is 10.0 Å². The number of nitrogens with zero attached hydrogens (tertiary/aromatic N) is 1. The second kappa shape index (κ2) is 5.88.